The summed E-state index contributed by atoms with van der Waals surface area (Å²) in [5.74, 6) is 0.959. The Labute approximate surface area is 142 Å². The Bertz CT molecular complexity index is 656. The van der Waals surface area contributed by atoms with E-state index in [9.17, 15) is 0 Å². The van der Waals surface area contributed by atoms with E-state index in [0.29, 0.717) is 6.04 Å². The van der Waals surface area contributed by atoms with Gasteiger partial charge in [0.05, 0.1) is 5.69 Å². The van der Waals surface area contributed by atoms with Crippen LogP contribution in [0.3, 0.4) is 0 Å². The lowest BCUT2D eigenvalue weighted by Gasteiger charge is -2.38. The van der Waals surface area contributed by atoms with Crippen LogP contribution in [0, 0.1) is 6.92 Å². The Morgan fingerprint density at radius 2 is 2.26 bits per heavy atom. The average molecular weight is 335 g/mol. The molecule has 0 unspecified atom stereocenters. The molecule has 6 nitrogen and oxygen atoms in total. The van der Waals surface area contributed by atoms with Crippen molar-refractivity contribution in [2.45, 2.75) is 32.4 Å². The third kappa shape index (κ3) is 3.48. The number of halogens is 1. The topological polar surface area (TPSA) is 50.1 Å². The molecule has 1 saturated heterocycles. The summed E-state index contributed by atoms with van der Waals surface area (Å²) in [6.45, 7) is 4.83. The molecule has 0 aromatic carbocycles. The monoisotopic (exact) mass is 334 g/mol. The highest BCUT2D eigenvalue weighted by atomic mass is 35.5. The minimum Gasteiger partial charge on any atom is -0.354 e. The first-order valence-electron chi connectivity index (χ1n) is 7.97. The molecule has 7 heteroatoms. The maximum atomic E-state index is 6.37. The number of hydrogen-bond acceptors (Lipinski definition) is 5. The van der Waals surface area contributed by atoms with E-state index in [1.54, 1.807) is 10.9 Å². The van der Waals surface area contributed by atoms with Gasteiger partial charge in [-0.25, -0.2) is 0 Å². The van der Waals surface area contributed by atoms with Crippen molar-refractivity contribution < 1.29 is 0 Å². The first kappa shape index (κ1) is 16.2. The van der Waals surface area contributed by atoms with Gasteiger partial charge in [-0.2, -0.15) is 10.2 Å². The lowest BCUT2D eigenvalue weighted by Crippen LogP contribution is -2.46. The zero-order valence-electron chi connectivity index (χ0n) is 13.9. The van der Waals surface area contributed by atoms with E-state index in [1.807, 2.05) is 26.1 Å². The highest BCUT2D eigenvalue weighted by molar-refractivity contribution is 6.30. The van der Waals surface area contributed by atoms with E-state index < -0.39 is 0 Å². The van der Waals surface area contributed by atoms with Crippen LogP contribution in [0.4, 0.5) is 5.82 Å². The van der Waals surface area contributed by atoms with Crippen LogP contribution in [0.1, 0.15) is 24.1 Å². The Kier molecular flexibility index (Phi) is 4.82. The largest absolute Gasteiger partial charge is 0.354 e. The summed E-state index contributed by atoms with van der Waals surface area (Å²) in [5.41, 5.74) is 2.12. The molecule has 0 bridgehead atoms. The zero-order valence-corrected chi connectivity index (χ0v) is 14.7. The normalized spacial score (nSPS) is 18.7. The lowest BCUT2D eigenvalue weighted by molar-refractivity contribution is 0.207. The molecular weight excluding hydrogens is 312 g/mol. The number of anilines is 1. The van der Waals surface area contributed by atoms with Crippen LogP contribution in [-0.4, -0.2) is 51.1 Å². The van der Waals surface area contributed by atoms with Gasteiger partial charge in [0.1, 0.15) is 5.15 Å². The molecule has 1 aliphatic rings. The van der Waals surface area contributed by atoms with Crippen molar-refractivity contribution in [3.63, 3.8) is 0 Å². The van der Waals surface area contributed by atoms with Crippen LogP contribution in [-0.2, 0) is 13.6 Å². The second kappa shape index (κ2) is 6.84. The summed E-state index contributed by atoms with van der Waals surface area (Å²) in [4.78, 5) is 4.69. The van der Waals surface area contributed by atoms with Gasteiger partial charge in [-0.15, -0.1) is 5.10 Å². The average Bonchev–Trinajstić information content (AvgIpc) is 2.82. The van der Waals surface area contributed by atoms with Crippen LogP contribution in [0.2, 0.25) is 5.15 Å². The predicted molar refractivity (Wildman–Crippen MR) is 91.7 cm³/mol. The molecule has 0 N–H and O–H groups in total. The van der Waals surface area contributed by atoms with Crippen LogP contribution < -0.4 is 4.90 Å². The fourth-order valence-corrected chi connectivity index (χ4v) is 3.45. The number of hydrogen-bond donors (Lipinski definition) is 0. The summed E-state index contributed by atoms with van der Waals surface area (Å²) in [5, 5.41) is 13.4. The smallest absolute Gasteiger partial charge is 0.151 e. The fraction of sp³-hybridized carbons (Fsp3) is 0.562. The van der Waals surface area contributed by atoms with Gasteiger partial charge in [0.2, 0.25) is 0 Å². The molecule has 3 rings (SSSR count). The molecule has 1 aliphatic heterocycles. The summed E-state index contributed by atoms with van der Waals surface area (Å²) >= 11 is 6.37. The Morgan fingerprint density at radius 3 is 2.91 bits per heavy atom. The lowest BCUT2D eigenvalue weighted by atomic mass is 10.0. The molecule has 23 heavy (non-hydrogen) atoms. The summed E-state index contributed by atoms with van der Waals surface area (Å²) in [6.07, 6.45) is 4.06. The molecule has 0 amide bonds. The Balaban J connectivity index is 1.68. The predicted octanol–water partition coefficient (Wildman–Crippen LogP) is 2.27. The number of piperidine rings is 1. The van der Waals surface area contributed by atoms with Crippen molar-refractivity contribution in [1.29, 1.82) is 0 Å². The molecule has 0 saturated carbocycles. The first-order chi connectivity index (χ1) is 11.1. The van der Waals surface area contributed by atoms with Gasteiger partial charge in [-0.3, -0.25) is 9.58 Å². The zero-order chi connectivity index (χ0) is 16.4. The fourth-order valence-electron chi connectivity index (χ4n) is 3.22. The highest BCUT2D eigenvalue weighted by Gasteiger charge is 2.25. The van der Waals surface area contributed by atoms with Crippen molar-refractivity contribution in [3.8, 4) is 0 Å². The van der Waals surface area contributed by atoms with Gasteiger partial charge in [0.15, 0.2) is 5.82 Å². The molecule has 0 spiro atoms. The summed E-state index contributed by atoms with van der Waals surface area (Å²) < 4.78 is 1.74. The standard InChI is InChI=1S/C16H23ClN6/c1-12-14(16(17)22(3)20-12)11-21(2)13-6-5-9-23(10-13)15-7-4-8-18-19-15/h4,7-8,13H,5-6,9-11H2,1-3H3/t13-/m1/s1. The van der Waals surface area contributed by atoms with Gasteiger partial charge in [0, 0.05) is 44.5 Å². The number of aromatic nitrogens is 4. The number of aryl methyl sites for hydroxylation is 2. The van der Waals surface area contributed by atoms with Gasteiger partial charge in [0.25, 0.3) is 0 Å². The molecule has 1 atom stereocenters. The molecule has 3 heterocycles. The van der Waals surface area contributed by atoms with E-state index in [4.69, 9.17) is 11.6 Å². The van der Waals surface area contributed by atoms with Gasteiger partial charge in [-0.1, -0.05) is 11.6 Å². The van der Waals surface area contributed by atoms with Crippen molar-refractivity contribution in [2.75, 3.05) is 25.0 Å². The molecular formula is C16H23ClN6. The molecule has 2 aromatic heterocycles. The maximum Gasteiger partial charge on any atom is 0.151 e. The third-order valence-corrected chi connectivity index (χ3v) is 5.05. The van der Waals surface area contributed by atoms with E-state index in [2.05, 4.69) is 32.1 Å². The van der Waals surface area contributed by atoms with Gasteiger partial charge < -0.3 is 4.90 Å². The van der Waals surface area contributed by atoms with E-state index in [0.717, 1.165) is 48.3 Å². The van der Waals surface area contributed by atoms with Crippen LogP contribution in [0.25, 0.3) is 0 Å². The second-order valence-corrected chi connectivity index (χ2v) is 6.58. The van der Waals surface area contributed by atoms with Crippen LogP contribution in [0.15, 0.2) is 18.3 Å². The second-order valence-electron chi connectivity index (χ2n) is 6.22. The summed E-state index contributed by atoms with van der Waals surface area (Å²) in [6, 6.07) is 4.44. The number of rotatable bonds is 4. The van der Waals surface area contributed by atoms with Gasteiger partial charge in [-0.05, 0) is 38.9 Å². The van der Waals surface area contributed by atoms with Crippen LogP contribution >= 0.6 is 11.6 Å². The van der Waals surface area contributed by atoms with Gasteiger partial charge >= 0.3 is 0 Å². The van der Waals surface area contributed by atoms with Crippen molar-refractivity contribution in [1.82, 2.24) is 24.9 Å². The maximum absolute atomic E-state index is 6.37. The third-order valence-electron chi connectivity index (χ3n) is 4.58. The molecule has 124 valence electrons. The minimum atomic E-state index is 0.474. The Morgan fingerprint density at radius 1 is 1.43 bits per heavy atom. The number of likely N-dealkylation sites (N-methyl/N-ethyl adjacent to an activating group) is 1. The molecule has 0 radical (unpaired) electrons. The molecule has 0 aliphatic carbocycles. The number of nitrogens with zero attached hydrogens (tertiary/aromatic N) is 6. The highest BCUT2D eigenvalue weighted by Crippen LogP contribution is 2.24. The quantitative estimate of drug-likeness (QED) is 0.858. The van der Waals surface area contributed by atoms with E-state index in [1.165, 1.54) is 6.42 Å². The van der Waals surface area contributed by atoms with E-state index in [-0.39, 0.29) is 0 Å². The van der Waals surface area contributed by atoms with Crippen molar-refractivity contribution in [2.24, 2.45) is 7.05 Å². The first-order valence-corrected chi connectivity index (χ1v) is 8.35. The summed E-state index contributed by atoms with van der Waals surface area (Å²) in [7, 11) is 4.04. The van der Waals surface area contributed by atoms with Crippen LogP contribution in [0.5, 0.6) is 0 Å². The van der Waals surface area contributed by atoms with Crippen molar-refractivity contribution in [3.05, 3.63) is 34.7 Å². The minimum absolute atomic E-state index is 0.474. The van der Waals surface area contributed by atoms with E-state index >= 15 is 0 Å². The molecule has 2 aromatic rings. The SMILES string of the molecule is Cc1nn(C)c(Cl)c1CN(C)[C@@H]1CCCN(c2cccnn2)C1. The molecule has 1 fully saturated rings. The Hall–Kier alpha value is -1.66. The van der Waals surface area contributed by atoms with Crippen molar-refractivity contribution >= 4 is 17.4 Å².